The first-order chi connectivity index (χ1) is 14.5. The van der Waals surface area contributed by atoms with E-state index in [-0.39, 0.29) is 16.2 Å². The van der Waals surface area contributed by atoms with Crippen molar-refractivity contribution in [2.45, 2.75) is 12.8 Å². The Morgan fingerprint density at radius 2 is 1.87 bits per heavy atom. The van der Waals surface area contributed by atoms with Gasteiger partial charge in [0.25, 0.3) is 5.91 Å². The van der Waals surface area contributed by atoms with Crippen LogP contribution in [0.5, 0.6) is 0 Å². The Morgan fingerprint density at radius 1 is 1.10 bits per heavy atom. The SMILES string of the molecule is O=C(NCCCc1ncc[nH]1)c1cc2nc(-c3ccc(F)cc3)c(Cl)nc2cc1F. The van der Waals surface area contributed by atoms with E-state index in [1.54, 1.807) is 12.4 Å². The van der Waals surface area contributed by atoms with E-state index in [4.69, 9.17) is 11.6 Å². The summed E-state index contributed by atoms with van der Waals surface area (Å²) < 4.78 is 27.7. The lowest BCUT2D eigenvalue weighted by atomic mass is 10.1. The van der Waals surface area contributed by atoms with Gasteiger partial charge in [-0.1, -0.05) is 11.6 Å². The van der Waals surface area contributed by atoms with Crippen molar-refractivity contribution >= 4 is 28.5 Å². The zero-order chi connectivity index (χ0) is 21.1. The Hall–Kier alpha value is -3.39. The number of hydrogen-bond acceptors (Lipinski definition) is 4. The molecule has 0 spiro atoms. The van der Waals surface area contributed by atoms with Gasteiger partial charge >= 0.3 is 0 Å². The number of aromatic amines is 1. The van der Waals surface area contributed by atoms with Crippen molar-refractivity contribution in [1.29, 1.82) is 0 Å². The highest BCUT2D eigenvalue weighted by atomic mass is 35.5. The Morgan fingerprint density at radius 3 is 2.60 bits per heavy atom. The summed E-state index contributed by atoms with van der Waals surface area (Å²) in [7, 11) is 0. The molecule has 4 aromatic rings. The van der Waals surface area contributed by atoms with Crippen molar-refractivity contribution in [1.82, 2.24) is 25.3 Å². The monoisotopic (exact) mass is 427 g/mol. The number of aryl methyl sites for hydroxylation is 1. The lowest BCUT2D eigenvalue weighted by Crippen LogP contribution is -2.25. The van der Waals surface area contributed by atoms with Crippen LogP contribution in [0.2, 0.25) is 5.15 Å². The summed E-state index contributed by atoms with van der Waals surface area (Å²) in [6.45, 7) is 0.365. The normalized spacial score (nSPS) is 11.0. The maximum atomic E-state index is 14.5. The molecule has 2 N–H and O–H groups in total. The molecule has 0 saturated heterocycles. The van der Waals surface area contributed by atoms with Gasteiger partial charge < -0.3 is 10.3 Å². The molecule has 2 aromatic heterocycles. The molecule has 9 heteroatoms. The minimum Gasteiger partial charge on any atom is -0.352 e. The number of hydrogen-bond donors (Lipinski definition) is 2. The number of fused-ring (bicyclic) bond motifs is 1. The number of imidazole rings is 1. The third-order valence-corrected chi connectivity index (χ3v) is 4.77. The van der Waals surface area contributed by atoms with Gasteiger partial charge in [0.15, 0.2) is 5.15 Å². The molecule has 2 aromatic carbocycles. The molecule has 0 aliphatic rings. The fraction of sp³-hybridized carbons (Fsp3) is 0.143. The number of nitrogens with zero attached hydrogens (tertiary/aromatic N) is 3. The van der Waals surface area contributed by atoms with Gasteiger partial charge in [0, 0.05) is 37.0 Å². The van der Waals surface area contributed by atoms with Crippen LogP contribution in [0.25, 0.3) is 22.3 Å². The third-order valence-electron chi connectivity index (χ3n) is 4.50. The van der Waals surface area contributed by atoms with Crippen LogP contribution >= 0.6 is 11.6 Å². The van der Waals surface area contributed by atoms with E-state index in [2.05, 4.69) is 25.3 Å². The number of rotatable bonds is 6. The van der Waals surface area contributed by atoms with Crippen molar-refractivity contribution in [3.63, 3.8) is 0 Å². The first kappa shape index (κ1) is 19.9. The van der Waals surface area contributed by atoms with Crippen LogP contribution in [0.3, 0.4) is 0 Å². The Labute approximate surface area is 175 Å². The second-order valence-electron chi connectivity index (χ2n) is 6.59. The molecule has 0 radical (unpaired) electrons. The second kappa shape index (κ2) is 8.54. The largest absolute Gasteiger partial charge is 0.352 e. The Balaban J connectivity index is 1.55. The number of halogens is 3. The predicted molar refractivity (Wildman–Crippen MR) is 109 cm³/mol. The Bertz CT molecular complexity index is 1200. The van der Waals surface area contributed by atoms with Gasteiger partial charge in [-0.05, 0) is 36.8 Å². The first-order valence-electron chi connectivity index (χ1n) is 9.20. The van der Waals surface area contributed by atoms with Crippen LogP contribution in [0, 0.1) is 11.6 Å². The quantitative estimate of drug-likeness (QED) is 0.449. The van der Waals surface area contributed by atoms with Crippen LogP contribution in [0.4, 0.5) is 8.78 Å². The lowest BCUT2D eigenvalue weighted by molar-refractivity contribution is 0.0949. The van der Waals surface area contributed by atoms with Crippen LogP contribution in [0.15, 0.2) is 48.8 Å². The molecule has 2 heterocycles. The van der Waals surface area contributed by atoms with Crippen molar-refractivity contribution in [3.05, 3.63) is 77.0 Å². The van der Waals surface area contributed by atoms with E-state index < -0.39 is 17.5 Å². The van der Waals surface area contributed by atoms with Crippen LogP contribution < -0.4 is 5.32 Å². The number of aromatic nitrogens is 4. The van der Waals surface area contributed by atoms with Gasteiger partial charge in [-0.2, -0.15) is 0 Å². The molecule has 152 valence electrons. The number of carbonyl (C=O) groups excluding carboxylic acids is 1. The molecule has 1 amide bonds. The molecule has 4 rings (SSSR count). The van der Waals surface area contributed by atoms with Gasteiger partial charge in [-0.25, -0.2) is 23.7 Å². The molecular formula is C21H16ClF2N5O. The minimum atomic E-state index is -0.717. The first-order valence-corrected chi connectivity index (χ1v) is 9.58. The van der Waals surface area contributed by atoms with E-state index in [1.807, 2.05) is 0 Å². The van der Waals surface area contributed by atoms with Crippen molar-refractivity contribution in [2.24, 2.45) is 0 Å². The van der Waals surface area contributed by atoms with Gasteiger partial charge in [0.1, 0.15) is 23.2 Å². The molecule has 0 saturated carbocycles. The summed E-state index contributed by atoms with van der Waals surface area (Å²) in [5.74, 6) is -0.835. The van der Waals surface area contributed by atoms with Gasteiger partial charge in [0.05, 0.1) is 16.6 Å². The Kier molecular flexibility index (Phi) is 5.67. The highest BCUT2D eigenvalue weighted by Crippen LogP contribution is 2.28. The molecule has 0 atom stereocenters. The van der Waals surface area contributed by atoms with Crippen LogP contribution in [-0.2, 0) is 6.42 Å². The zero-order valence-electron chi connectivity index (χ0n) is 15.6. The summed E-state index contributed by atoms with van der Waals surface area (Å²) >= 11 is 6.18. The smallest absolute Gasteiger partial charge is 0.254 e. The highest BCUT2D eigenvalue weighted by Gasteiger charge is 2.16. The standard InChI is InChI=1S/C21H16ClF2N5O/c22-20-19(12-3-5-13(23)6-4-12)28-16-10-14(15(24)11-17(16)29-20)21(30)27-7-1-2-18-25-8-9-26-18/h3-6,8-11H,1-2,7H2,(H,25,26)(H,27,30). The molecule has 0 bridgehead atoms. The summed E-state index contributed by atoms with van der Waals surface area (Å²) in [5, 5.41) is 2.75. The topological polar surface area (TPSA) is 83.6 Å². The van der Waals surface area contributed by atoms with E-state index >= 15 is 0 Å². The van der Waals surface area contributed by atoms with Gasteiger partial charge in [-0.3, -0.25) is 4.79 Å². The van der Waals surface area contributed by atoms with Crippen LogP contribution in [0.1, 0.15) is 22.6 Å². The minimum absolute atomic E-state index is 0.0589. The van der Waals surface area contributed by atoms with E-state index in [0.717, 1.165) is 11.9 Å². The fourth-order valence-corrected chi connectivity index (χ4v) is 3.25. The molecule has 6 nitrogen and oxygen atoms in total. The van der Waals surface area contributed by atoms with E-state index in [9.17, 15) is 13.6 Å². The predicted octanol–water partition coefficient (Wildman–Crippen LogP) is 4.31. The van der Waals surface area contributed by atoms with Crippen LogP contribution in [-0.4, -0.2) is 32.4 Å². The summed E-state index contributed by atoms with van der Waals surface area (Å²) in [6, 6.07) is 8.07. The maximum absolute atomic E-state index is 14.5. The molecule has 30 heavy (non-hydrogen) atoms. The van der Waals surface area contributed by atoms with Crippen molar-refractivity contribution in [3.8, 4) is 11.3 Å². The highest BCUT2D eigenvalue weighted by molar-refractivity contribution is 6.32. The number of carbonyl (C=O) groups is 1. The number of benzene rings is 2. The molecule has 0 aliphatic carbocycles. The molecule has 0 unspecified atom stereocenters. The summed E-state index contributed by atoms with van der Waals surface area (Å²) in [5.41, 5.74) is 1.27. The fourth-order valence-electron chi connectivity index (χ4n) is 3.01. The average Bonchev–Trinajstić information content (AvgIpc) is 3.24. The second-order valence-corrected chi connectivity index (χ2v) is 6.94. The average molecular weight is 428 g/mol. The number of nitrogens with one attached hydrogen (secondary N) is 2. The summed E-state index contributed by atoms with van der Waals surface area (Å²) in [6.07, 6.45) is 4.70. The zero-order valence-corrected chi connectivity index (χ0v) is 16.4. The molecule has 0 fully saturated rings. The van der Waals surface area contributed by atoms with Gasteiger partial charge in [0.2, 0.25) is 0 Å². The summed E-state index contributed by atoms with van der Waals surface area (Å²) in [4.78, 5) is 28.1. The van der Waals surface area contributed by atoms with E-state index in [0.29, 0.717) is 36.2 Å². The van der Waals surface area contributed by atoms with E-state index in [1.165, 1.54) is 30.3 Å². The molecule has 0 aliphatic heterocycles. The molecular weight excluding hydrogens is 412 g/mol. The number of amides is 1. The lowest BCUT2D eigenvalue weighted by Gasteiger charge is -2.09. The number of H-pyrrole nitrogens is 1. The maximum Gasteiger partial charge on any atom is 0.254 e. The van der Waals surface area contributed by atoms with Crippen molar-refractivity contribution < 1.29 is 13.6 Å². The van der Waals surface area contributed by atoms with Gasteiger partial charge in [-0.15, -0.1) is 0 Å². The van der Waals surface area contributed by atoms with Crippen molar-refractivity contribution in [2.75, 3.05) is 6.54 Å². The third kappa shape index (κ3) is 4.28.